The highest BCUT2D eigenvalue weighted by Gasteiger charge is 2.33. The van der Waals surface area contributed by atoms with Crippen LogP contribution in [-0.2, 0) is 32.2 Å². The third-order valence-electron chi connectivity index (χ3n) is 5.19. The van der Waals surface area contributed by atoms with E-state index in [4.69, 9.17) is 14.2 Å². The lowest BCUT2D eigenvalue weighted by Crippen LogP contribution is -2.43. The van der Waals surface area contributed by atoms with Crippen molar-refractivity contribution in [1.82, 2.24) is 0 Å². The SMILES string of the molecule is CCC[C@H]1OC(=O)CCC/C=C\[C@H](OCc2ccccc2)C1OCc1ccccc1. The van der Waals surface area contributed by atoms with Crippen LogP contribution < -0.4 is 0 Å². The van der Waals surface area contributed by atoms with Crippen LogP contribution in [0.1, 0.15) is 50.2 Å². The van der Waals surface area contributed by atoms with Gasteiger partial charge in [-0.25, -0.2) is 0 Å². The van der Waals surface area contributed by atoms with E-state index >= 15 is 0 Å². The molecule has 0 amide bonds. The van der Waals surface area contributed by atoms with Crippen molar-refractivity contribution in [2.24, 2.45) is 0 Å². The predicted octanol–water partition coefficient (Wildman–Crippen LogP) is 5.61. The average Bonchev–Trinajstić information content (AvgIpc) is 2.78. The van der Waals surface area contributed by atoms with Crippen LogP contribution in [-0.4, -0.2) is 24.3 Å². The van der Waals surface area contributed by atoms with E-state index < -0.39 is 0 Å². The molecule has 160 valence electrons. The van der Waals surface area contributed by atoms with Gasteiger partial charge in [0.15, 0.2) is 0 Å². The fraction of sp³-hybridized carbons (Fsp3) is 0.423. The Morgan fingerprint density at radius 1 is 0.933 bits per heavy atom. The third kappa shape index (κ3) is 7.12. The number of rotatable bonds is 8. The van der Waals surface area contributed by atoms with Crippen molar-refractivity contribution < 1.29 is 19.0 Å². The topological polar surface area (TPSA) is 44.8 Å². The van der Waals surface area contributed by atoms with E-state index in [1.807, 2.05) is 60.7 Å². The summed E-state index contributed by atoms with van der Waals surface area (Å²) in [5.41, 5.74) is 2.19. The first-order valence-corrected chi connectivity index (χ1v) is 10.9. The van der Waals surface area contributed by atoms with Gasteiger partial charge in [0.2, 0.25) is 0 Å². The van der Waals surface area contributed by atoms with E-state index in [-0.39, 0.29) is 24.3 Å². The van der Waals surface area contributed by atoms with Crippen LogP contribution in [0.4, 0.5) is 0 Å². The summed E-state index contributed by atoms with van der Waals surface area (Å²) in [6, 6.07) is 20.2. The Hall–Kier alpha value is -2.43. The normalized spacial score (nSPS) is 23.5. The lowest BCUT2D eigenvalue weighted by atomic mass is 10.0. The van der Waals surface area contributed by atoms with Gasteiger partial charge in [-0.3, -0.25) is 4.79 Å². The van der Waals surface area contributed by atoms with Crippen molar-refractivity contribution in [3.05, 3.63) is 83.9 Å². The van der Waals surface area contributed by atoms with Crippen LogP contribution in [0.2, 0.25) is 0 Å². The van der Waals surface area contributed by atoms with Gasteiger partial charge in [-0.1, -0.05) is 86.2 Å². The Kier molecular flexibility index (Phi) is 9.13. The van der Waals surface area contributed by atoms with Crippen LogP contribution >= 0.6 is 0 Å². The second-order valence-electron chi connectivity index (χ2n) is 7.66. The Labute approximate surface area is 179 Å². The molecule has 0 radical (unpaired) electrons. The first-order valence-electron chi connectivity index (χ1n) is 10.9. The summed E-state index contributed by atoms with van der Waals surface area (Å²) in [5.74, 6) is -0.154. The Morgan fingerprint density at radius 3 is 2.20 bits per heavy atom. The van der Waals surface area contributed by atoms with E-state index in [9.17, 15) is 4.79 Å². The molecule has 0 saturated heterocycles. The molecule has 0 fully saturated rings. The van der Waals surface area contributed by atoms with Gasteiger partial charge in [0.25, 0.3) is 0 Å². The van der Waals surface area contributed by atoms with E-state index in [1.54, 1.807) is 0 Å². The number of allylic oxidation sites excluding steroid dienone is 1. The molecule has 0 N–H and O–H groups in total. The lowest BCUT2D eigenvalue weighted by Gasteiger charge is -2.32. The largest absolute Gasteiger partial charge is 0.459 e. The molecule has 0 spiro atoms. The fourth-order valence-corrected chi connectivity index (χ4v) is 3.60. The van der Waals surface area contributed by atoms with Crippen molar-refractivity contribution in [1.29, 1.82) is 0 Å². The summed E-state index contributed by atoms with van der Waals surface area (Å²) in [6.07, 6.45) is 6.88. The molecule has 3 atom stereocenters. The number of carbonyl (C=O) groups is 1. The zero-order valence-corrected chi connectivity index (χ0v) is 17.7. The molecule has 2 aromatic carbocycles. The second-order valence-corrected chi connectivity index (χ2v) is 7.66. The number of hydrogen-bond acceptors (Lipinski definition) is 4. The maximum Gasteiger partial charge on any atom is 0.306 e. The fourth-order valence-electron chi connectivity index (χ4n) is 3.60. The van der Waals surface area contributed by atoms with Gasteiger partial charge < -0.3 is 14.2 Å². The summed E-state index contributed by atoms with van der Waals surface area (Å²) in [4.78, 5) is 12.3. The van der Waals surface area contributed by atoms with Crippen LogP contribution in [0.5, 0.6) is 0 Å². The average molecular weight is 409 g/mol. The van der Waals surface area contributed by atoms with Crippen LogP contribution in [0.25, 0.3) is 0 Å². The minimum atomic E-state index is -0.368. The van der Waals surface area contributed by atoms with E-state index in [0.29, 0.717) is 19.6 Å². The second kappa shape index (κ2) is 12.3. The van der Waals surface area contributed by atoms with Crippen molar-refractivity contribution in [2.75, 3.05) is 0 Å². The molecule has 2 aromatic rings. The van der Waals surface area contributed by atoms with Gasteiger partial charge in [0.05, 0.1) is 13.2 Å². The summed E-state index contributed by atoms with van der Waals surface area (Å²) in [6.45, 7) is 3.02. The molecule has 1 unspecified atom stereocenters. The molecule has 1 aliphatic rings. The Bertz CT molecular complexity index is 772. The van der Waals surface area contributed by atoms with Crippen molar-refractivity contribution in [2.45, 2.75) is 70.6 Å². The van der Waals surface area contributed by atoms with E-state index in [0.717, 1.165) is 36.8 Å². The number of carbonyl (C=O) groups excluding carboxylic acids is 1. The molecular weight excluding hydrogens is 376 g/mol. The monoisotopic (exact) mass is 408 g/mol. The summed E-state index contributed by atoms with van der Waals surface area (Å²) >= 11 is 0. The number of hydrogen-bond donors (Lipinski definition) is 0. The molecule has 0 bridgehead atoms. The van der Waals surface area contributed by atoms with Gasteiger partial charge in [-0.15, -0.1) is 0 Å². The zero-order valence-electron chi connectivity index (χ0n) is 17.7. The minimum Gasteiger partial charge on any atom is -0.459 e. The Morgan fingerprint density at radius 2 is 1.57 bits per heavy atom. The van der Waals surface area contributed by atoms with Gasteiger partial charge in [0, 0.05) is 6.42 Å². The summed E-state index contributed by atoms with van der Waals surface area (Å²) in [5, 5.41) is 0. The molecule has 0 saturated carbocycles. The highest BCUT2D eigenvalue weighted by Crippen LogP contribution is 2.23. The highest BCUT2D eigenvalue weighted by atomic mass is 16.6. The minimum absolute atomic E-state index is 0.154. The maximum atomic E-state index is 12.3. The zero-order chi connectivity index (χ0) is 21.0. The van der Waals surface area contributed by atoms with Crippen LogP contribution in [0.3, 0.4) is 0 Å². The Balaban J connectivity index is 1.81. The predicted molar refractivity (Wildman–Crippen MR) is 118 cm³/mol. The van der Waals surface area contributed by atoms with Gasteiger partial charge in [-0.2, -0.15) is 0 Å². The molecular formula is C26H32O4. The van der Waals surface area contributed by atoms with Gasteiger partial charge >= 0.3 is 5.97 Å². The lowest BCUT2D eigenvalue weighted by molar-refractivity contribution is -0.169. The molecule has 0 aromatic heterocycles. The smallest absolute Gasteiger partial charge is 0.306 e. The number of esters is 1. The van der Waals surface area contributed by atoms with Gasteiger partial charge in [0.1, 0.15) is 18.3 Å². The molecule has 0 aliphatic carbocycles. The van der Waals surface area contributed by atoms with Gasteiger partial charge in [-0.05, 0) is 30.4 Å². The molecule has 30 heavy (non-hydrogen) atoms. The molecule has 3 rings (SSSR count). The highest BCUT2D eigenvalue weighted by molar-refractivity contribution is 5.69. The number of benzene rings is 2. The number of ether oxygens (including phenoxy) is 3. The maximum absolute atomic E-state index is 12.3. The molecule has 4 heteroatoms. The van der Waals surface area contributed by atoms with Crippen molar-refractivity contribution in [3.8, 4) is 0 Å². The standard InChI is InChI=1S/C26H32O4/c1-2-12-24-26(29-20-22-15-8-4-9-16-22)23(17-10-5-11-18-25(27)30-24)28-19-21-13-6-3-7-14-21/h3-4,6-10,13-17,23-24,26H,2,5,11-12,18-20H2,1H3/b17-10-/t23-,24+,26?/m0/s1. The quantitative estimate of drug-likeness (QED) is 0.421. The first kappa shape index (κ1) is 22.3. The molecule has 1 aliphatic heterocycles. The number of cyclic esters (lactones) is 1. The molecule has 4 nitrogen and oxygen atoms in total. The first-order chi connectivity index (χ1) is 14.8. The third-order valence-corrected chi connectivity index (χ3v) is 5.19. The van der Waals surface area contributed by atoms with E-state index in [2.05, 4.69) is 19.1 Å². The van der Waals surface area contributed by atoms with E-state index in [1.165, 1.54) is 0 Å². The van der Waals surface area contributed by atoms with Crippen molar-refractivity contribution >= 4 is 5.97 Å². The van der Waals surface area contributed by atoms with Crippen LogP contribution in [0.15, 0.2) is 72.8 Å². The van der Waals surface area contributed by atoms with Crippen LogP contribution in [0, 0.1) is 0 Å². The summed E-state index contributed by atoms with van der Waals surface area (Å²) < 4.78 is 18.5. The summed E-state index contributed by atoms with van der Waals surface area (Å²) in [7, 11) is 0. The molecule has 1 heterocycles. The van der Waals surface area contributed by atoms with Crippen molar-refractivity contribution in [3.63, 3.8) is 0 Å².